The fourth-order valence-corrected chi connectivity index (χ4v) is 3.13. The summed E-state index contributed by atoms with van der Waals surface area (Å²) >= 11 is 0. The lowest BCUT2D eigenvalue weighted by molar-refractivity contribution is -0.116. The molecule has 0 saturated carbocycles. The Hall–Kier alpha value is -4.73. The van der Waals surface area contributed by atoms with E-state index >= 15 is 0 Å². The highest BCUT2D eigenvalue weighted by Crippen LogP contribution is 2.21. The van der Waals surface area contributed by atoms with Crippen molar-refractivity contribution in [2.24, 2.45) is 0 Å². The topological polar surface area (TPSA) is 117 Å². The Morgan fingerprint density at radius 3 is 2.59 bits per heavy atom. The number of carbonyl (C=O) groups excluding carboxylic acids is 1. The number of nitrogens with one attached hydrogen (secondary N) is 1. The van der Waals surface area contributed by atoms with Gasteiger partial charge in [0.25, 0.3) is 0 Å². The van der Waals surface area contributed by atoms with Crippen molar-refractivity contribution in [2.45, 2.75) is 6.54 Å². The molecule has 0 saturated heterocycles. The van der Waals surface area contributed by atoms with Crippen LogP contribution in [0.1, 0.15) is 0 Å². The highest BCUT2D eigenvalue weighted by atomic mass is 16.5. The molecule has 2 aromatic carbocycles. The maximum absolute atomic E-state index is 12.4. The van der Waals surface area contributed by atoms with Gasteiger partial charge in [0.1, 0.15) is 12.3 Å². The molecule has 158 valence electrons. The molecule has 0 aliphatic carbocycles. The zero-order chi connectivity index (χ0) is 21.9. The van der Waals surface area contributed by atoms with E-state index in [4.69, 9.17) is 9.15 Å². The fourth-order valence-electron chi connectivity index (χ4n) is 3.13. The summed E-state index contributed by atoms with van der Waals surface area (Å²) in [6.07, 6.45) is 3.42. The number of carbonyl (C=O) groups is 1. The van der Waals surface area contributed by atoms with Crippen LogP contribution in [0.3, 0.4) is 0 Å². The Kier molecular flexibility index (Phi) is 4.92. The molecular formula is C22H16N6O4. The molecule has 10 nitrogen and oxygen atoms in total. The van der Waals surface area contributed by atoms with Crippen molar-refractivity contribution in [2.75, 3.05) is 5.32 Å². The van der Waals surface area contributed by atoms with Gasteiger partial charge in [-0.15, -0.1) is 10.2 Å². The van der Waals surface area contributed by atoms with Crippen LogP contribution in [0.2, 0.25) is 0 Å². The summed E-state index contributed by atoms with van der Waals surface area (Å²) in [5.41, 5.74) is 1.56. The first kappa shape index (κ1) is 19.2. The molecule has 0 radical (unpaired) electrons. The third-order valence-corrected chi connectivity index (χ3v) is 4.60. The van der Waals surface area contributed by atoms with E-state index in [0.717, 1.165) is 0 Å². The molecule has 0 spiro atoms. The van der Waals surface area contributed by atoms with Crippen LogP contribution in [0.5, 0.6) is 11.6 Å². The van der Waals surface area contributed by atoms with Crippen molar-refractivity contribution in [1.82, 2.24) is 24.5 Å². The third kappa shape index (κ3) is 3.97. The first-order valence-corrected chi connectivity index (χ1v) is 9.66. The number of benzene rings is 2. The highest BCUT2D eigenvalue weighted by molar-refractivity contribution is 5.91. The number of oxazole rings is 1. The Bertz CT molecular complexity index is 1420. The predicted molar refractivity (Wildman–Crippen MR) is 115 cm³/mol. The van der Waals surface area contributed by atoms with Crippen LogP contribution in [-0.4, -0.2) is 30.5 Å². The van der Waals surface area contributed by atoms with Crippen LogP contribution in [0.4, 0.5) is 5.69 Å². The van der Waals surface area contributed by atoms with Crippen molar-refractivity contribution in [1.29, 1.82) is 0 Å². The van der Waals surface area contributed by atoms with Crippen LogP contribution < -0.4 is 15.8 Å². The van der Waals surface area contributed by atoms with Gasteiger partial charge in [-0.2, -0.15) is 5.10 Å². The second kappa shape index (κ2) is 8.19. The number of aromatic nitrogens is 5. The van der Waals surface area contributed by atoms with Gasteiger partial charge >= 0.3 is 5.76 Å². The van der Waals surface area contributed by atoms with Crippen LogP contribution in [0.15, 0.2) is 88.3 Å². The van der Waals surface area contributed by atoms with Gasteiger partial charge in [0, 0.05) is 24.1 Å². The molecule has 1 amide bonds. The van der Waals surface area contributed by atoms with Gasteiger partial charge in [0.05, 0.1) is 5.52 Å². The van der Waals surface area contributed by atoms with E-state index in [9.17, 15) is 9.59 Å². The molecule has 0 fully saturated rings. The average molecular weight is 428 g/mol. The standard InChI is InChI=1S/C22H16N6O4/c29-20(14-27-17-4-1-2-5-18(17)32-22(27)30)24-15-6-8-16(9-7-15)31-21-11-10-19(25-26-21)28-13-3-12-23-28/h1-13H,14H2,(H,24,29). The SMILES string of the molecule is O=C(Cn1c(=O)oc2ccccc21)Nc1ccc(Oc2ccc(-n3cccn3)nn2)cc1. The summed E-state index contributed by atoms with van der Waals surface area (Å²) in [4.78, 5) is 24.4. The first-order valence-electron chi connectivity index (χ1n) is 9.66. The monoisotopic (exact) mass is 428 g/mol. The Morgan fingerprint density at radius 1 is 1.00 bits per heavy atom. The van der Waals surface area contributed by atoms with Crippen LogP contribution >= 0.6 is 0 Å². The van der Waals surface area contributed by atoms with Crippen molar-refractivity contribution in [3.63, 3.8) is 0 Å². The number of rotatable bonds is 6. The molecule has 0 atom stereocenters. The van der Waals surface area contributed by atoms with E-state index in [2.05, 4.69) is 20.6 Å². The van der Waals surface area contributed by atoms with E-state index < -0.39 is 5.76 Å². The lowest BCUT2D eigenvalue weighted by atomic mass is 10.3. The summed E-state index contributed by atoms with van der Waals surface area (Å²) in [6.45, 7) is -0.160. The van der Waals surface area contributed by atoms with Crippen LogP contribution in [0, 0.1) is 0 Å². The molecule has 3 heterocycles. The number of ether oxygens (including phenoxy) is 1. The number of para-hydroxylation sites is 2. The minimum Gasteiger partial charge on any atom is -0.438 e. The van der Waals surface area contributed by atoms with Gasteiger partial charge in [0.2, 0.25) is 11.8 Å². The van der Waals surface area contributed by atoms with E-state index in [1.807, 2.05) is 0 Å². The predicted octanol–water partition coefficient (Wildman–Crippen LogP) is 3.00. The molecule has 0 aliphatic heterocycles. The van der Waals surface area contributed by atoms with Crippen LogP contribution in [0.25, 0.3) is 16.9 Å². The number of anilines is 1. The number of amides is 1. The summed E-state index contributed by atoms with van der Waals surface area (Å²) in [5.74, 6) is 0.493. The Balaban J connectivity index is 1.22. The summed E-state index contributed by atoms with van der Waals surface area (Å²) in [6, 6.07) is 18.9. The largest absolute Gasteiger partial charge is 0.438 e. The number of fused-ring (bicyclic) bond motifs is 1. The lowest BCUT2D eigenvalue weighted by Gasteiger charge is -2.08. The van der Waals surface area contributed by atoms with Crippen molar-refractivity contribution < 1.29 is 13.9 Å². The van der Waals surface area contributed by atoms with E-state index in [1.165, 1.54) is 4.57 Å². The van der Waals surface area contributed by atoms with Gasteiger partial charge < -0.3 is 14.5 Å². The van der Waals surface area contributed by atoms with E-state index in [0.29, 0.717) is 34.2 Å². The van der Waals surface area contributed by atoms with Gasteiger partial charge in [-0.3, -0.25) is 9.36 Å². The van der Waals surface area contributed by atoms with Gasteiger partial charge in [-0.25, -0.2) is 9.48 Å². The van der Waals surface area contributed by atoms with Gasteiger partial charge in [-0.1, -0.05) is 12.1 Å². The normalized spacial score (nSPS) is 10.9. The zero-order valence-corrected chi connectivity index (χ0v) is 16.6. The van der Waals surface area contributed by atoms with Crippen LogP contribution in [-0.2, 0) is 11.3 Å². The second-order valence-electron chi connectivity index (χ2n) is 6.78. The van der Waals surface area contributed by atoms with Gasteiger partial charge in [-0.05, 0) is 48.5 Å². The second-order valence-corrected chi connectivity index (χ2v) is 6.78. The summed E-state index contributed by atoms with van der Waals surface area (Å²) < 4.78 is 13.7. The molecule has 5 aromatic rings. The molecule has 32 heavy (non-hydrogen) atoms. The van der Waals surface area contributed by atoms with E-state index in [-0.39, 0.29) is 12.5 Å². The lowest BCUT2D eigenvalue weighted by Crippen LogP contribution is -2.24. The number of hydrogen-bond donors (Lipinski definition) is 1. The van der Waals surface area contributed by atoms with Crippen molar-refractivity contribution >= 4 is 22.7 Å². The third-order valence-electron chi connectivity index (χ3n) is 4.60. The molecule has 0 bridgehead atoms. The first-order chi connectivity index (χ1) is 15.7. The van der Waals surface area contributed by atoms with Crippen molar-refractivity contribution in [3.05, 3.63) is 89.7 Å². The average Bonchev–Trinajstić information content (AvgIpc) is 3.44. The molecule has 10 heteroatoms. The maximum Gasteiger partial charge on any atom is 0.420 e. The maximum atomic E-state index is 12.4. The van der Waals surface area contributed by atoms with E-state index in [1.54, 1.807) is 83.8 Å². The number of nitrogens with zero attached hydrogens (tertiary/aromatic N) is 5. The molecule has 0 unspecified atom stereocenters. The zero-order valence-electron chi connectivity index (χ0n) is 16.6. The fraction of sp³-hybridized carbons (Fsp3) is 0.0455. The molecular weight excluding hydrogens is 412 g/mol. The molecule has 3 aromatic heterocycles. The summed E-state index contributed by atoms with van der Waals surface area (Å²) in [5, 5.41) is 14.9. The smallest absolute Gasteiger partial charge is 0.420 e. The molecule has 1 N–H and O–H groups in total. The molecule has 0 aliphatic rings. The summed E-state index contributed by atoms with van der Waals surface area (Å²) in [7, 11) is 0. The quantitative estimate of drug-likeness (QED) is 0.442. The molecule has 5 rings (SSSR count). The Labute approximate surface area is 180 Å². The Morgan fingerprint density at radius 2 is 1.84 bits per heavy atom. The highest BCUT2D eigenvalue weighted by Gasteiger charge is 2.12. The van der Waals surface area contributed by atoms with Gasteiger partial charge in [0.15, 0.2) is 11.4 Å². The minimum atomic E-state index is -0.579. The van der Waals surface area contributed by atoms with Crippen molar-refractivity contribution in [3.8, 4) is 17.4 Å². The number of hydrogen-bond acceptors (Lipinski definition) is 7. The minimum absolute atomic E-state index is 0.160.